The molecule has 0 saturated carbocycles. The van der Waals surface area contributed by atoms with Gasteiger partial charge in [0.05, 0.1) is 6.10 Å². The van der Waals surface area contributed by atoms with E-state index in [2.05, 4.69) is 10.2 Å². The van der Waals surface area contributed by atoms with Crippen molar-refractivity contribution in [1.29, 1.82) is 0 Å². The molecule has 0 spiro atoms. The fourth-order valence-corrected chi connectivity index (χ4v) is 3.29. The summed E-state index contributed by atoms with van der Waals surface area (Å²) in [7, 11) is 0. The zero-order valence-corrected chi connectivity index (χ0v) is 14.9. The average molecular weight is 336 g/mol. The highest BCUT2D eigenvalue weighted by Gasteiger charge is 2.23. The van der Waals surface area contributed by atoms with Gasteiger partial charge >= 0.3 is 0 Å². The van der Waals surface area contributed by atoms with E-state index in [4.69, 9.17) is 0 Å². The predicted molar refractivity (Wildman–Crippen MR) is 93.1 cm³/mol. The van der Waals surface area contributed by atoms with E-state index in [0.717, 1.165) is 37.1 Å². The monoisotopic (exact) mass is 336 g/mol. The van der Waals surface area contributed by atoms with Gasteiger partial charge in [-0.25, -0.2) is 4.39 Å². The molecule has 2 rings (SSSR count). The van der Waals surface area contributed by atoms with Crippen LogP contribution in [-0.2, 0) is 4.79 Å². The van der Waals surface area contributed by atoms with Gasteiger partial charge in [0, 0.05) is 25.6 Å². The number of aliphatic hydroxyl groups excluding tert-OH is 1. The van der Waals surface area contributed by atoms with Crippen molar-refractivity contribution >= 4 is 5.91 Å². The van der Waals surface area contributed by atoms with Crippen molar-refractivity contribution in [3.63, 3.8) is 0 Å². The van der Waals surface area contributed by atoms with Crippen LogP contribution < -0.4 is 5.32 Å². The number of aryl methyl sites for hydroxylation is 1. The molecule has 0 aliphatic carbocycles. The Morgan fingerprint density at radius 2 is 2.21 bits per heavy atom. The van der Waals surface area contributed by atoms with Crippen LogP contribution in [0.25, 0.3) is 0 Å². The highest BCUT2D eigenvalue weighted by Crippen LogP contribution is 2.23. The van der Waals surface area contributed by atoms with Crippen LogP contribution in [0, 0.1) is 24.6 Å². The lowest BCUT2D eigenvalue weighted by atomic mass is 9.96. The summed E-state index contributed by atoms with van der Waals surface area (Å²) in [6.45, 7) is 8.66. The quantitative estimate of drug-likeness (QED) is 0.840. The van der Waals surface area contributed by atoms with Gasteiger partial charge in [0.15, 0.2) is 0 Å². The molecule has 4 nitrogen and oxygen atoms in total. The van der Waals surface area contributed by atoms with Crippen LogP contribution in [-0.4, -0.2) is 42.1 Å². The maximum atomic E-state index is 13.2. The second kappa shape index (κ2) is 8.58. The van der Waals surface area contributed by atoms with Crippen molar-refractivity contribution in [1.82, 2.24) is 10.2 Å². The number of amides is 1. The largest absolute Gasteiger partial charge is 0.387 e. The first-order chi connectivity index (χ1) is 11.4. The van der Waals surface area contributed by atoms with Crippen LogP contribution in [0.5, 0.6) is 0 Å². The third-order valence-electron chi connectivity index (χ3n) is 4.71. The lowest BCUT2D eigenvalue weighted by Crippen LogP contribution is -2.43. The van der Waals surface area contributed by atoms with Gasteiger partial charge in [-0.05, 0) is 55.5 Å². The van der Waals surface area contributed by atoms with Crippen molar-refractivity contribution in [3.8, 4) is 0 Å². The van der Waals surface area contributed by atoms with E-state index in [9.17, 15) is 14.3 Å². The van der Waals surface area contributed by atoms with Crippen molar-refractivity contribution in [2.24, 2.45) is 11.8 Å². The van der Waals surface area contributed by atoms with Crippen LogP contribution in [0.2, 0.25) is 0 Å². The molecule has 5 heteroatoms. The van der Waals surface area contributed by atoms with Crippen LogP contribution in [0.4, 0.5) is 4.39 Å². The summed E-state index contributed by atoms with van der Waals surface area (Å²) in [5, 5.41) is 13.5. The molecule has 24 heavy (non-hydrogen) atoms. The minimum absolute atomic E-state index is 0.00738. The number of likely N-dealkylation sites (tertiary alicyclic amines) is 1. The van der Waals surface area contributed by atoms with E-state index >= 15 is 0 Å². The smallest absolute Gasteiger partial charge is 0.222 e. The Morgan fingerprint density at radius 3 is 2.88 bits per heavy atom. The number of β-amino-alcohol motifs (C(OH)–C–C–N with tert-alkyl or cyclic N) is 1. The number of nitrogens with one attached hydrogen (secondary N) is 1. The molecule has 2 unspecified atom stereocenters. The fraction of sp³-hybridized carbons (Fsp3) is 0.632. The lowest BCUT2D eigenvalue weighted by Gasteiger charge is -2.34. The summed E-state index contributed by atoms with van der Waals surface area (Å²) >= 11 is 0. The second-order valence-electron chi connectivity index (χ2n) is 7.18. The van der Waals surface area contributed by atoms with E-state index in [1.807, 2.05) is 20.8 Å². The fourth-order valence-electron chi connectivity index (χ4n) is 3.29. The molecular formula is C19H29FN2O2. The van der Waals surface area contributed by atoms with Crippen molar-refractivity contribution in [2.45, 2.75) is 39.7 Å². The van der Waals surface area contributed by atoms with Crippen molar-refractivity contribution in [3.05, 3.63) is 35.1 Å². The minimum atomic E-state index is -0.616. The maximum Gasteiger partial charge on any atom is 0.222 e. The van der Waals surface area contributed by atoms with E-state index in [1.165, 1.54) is 12.1 Å². The van der Waals surface area contributed by atoms with Crippen LogP contribution in [0.1, 0.15) is 43.9 Å². The number of halogens is 1. The molecule has 2 atom stereocenters. The Balaban J connectivity index is 1.87. The van der Waals surface area contributed by atoms with Crippen LogP contribution in [0.15, 0.2) is 18.2 Å². The molecule has 1 heterocycles. The Hall–Kier alpha value is -1.46. The number of benzene rings is 1. The lowest BCUT2D eigenvalue weighted by molar-refractivity contribution is -0.124. The first-order valence-corrected chi connectivity index (χ1v) is 8.81. The molecule has 1 fully saturated rings. The summed E-state index contributed by atoms with van der Waals surface area (Å²) in [5.74, 6) is 0.243. The van der Waals surface area contributed by atoms with E-state index < -0.39 is 6.10 Å². The molecule has 1 aliphatic heterocycles. The topological polar surface area (TPSA) is 52.6 Å². The molecule has 1 aromatic rings. The third kappa shape index (κ3) is 5.28. The zero-order valence-electron chi connectivity index (χ0n) is 14.9. The number of aliphatic hydroxyl groups is 1. The summed E-state index contributed by atoms with van der Waals surface area (Å²) in [6, 6.07) is 4.52. The zero-order chi connectivity index (χ0) is 17.7. The summed E-state index contributed by atoms with van der Waals surface area (Å²) in [6.07, 6.45) is 1.55. The number of carbonyl (C=O) groups excluding carboxylic acids is 1. The Morgan fingerprint density at radius 1 is 1.46 bits per heavy atom. The number of piperidine rings is 1. The predicted octanol–water partition coefficient (Wildman–Crippen LogP) is 2.65. The van der Waals surface area contributed by atoms with Gasteiger partial charge in [0.1, 0.15) is 5.82 Å². The third-order valence-corrected chi connectivity index (χ3v) is 4.71. The molecule has 0 aromatic heterocycles. The highest BCUT2D eigenvalue weighted by atomic mass is 19.1. The number of nitrogens with zero attached hydrogens (tertiary/aromatic N) is 1. The van der Waals surface area contributed by atoms with E-state index in [0.29, 0.717) is 19.0 Å². The molecule has 2 N–H and O–H groups in total. The molecular weight excluding hydrogens is 307 g/mol. The van der Waals surface area contributed by atoms with Crippen molar-refractivity contribution in [2.75, 3.05) is 26.2 Å². The summed E-state index contributed by atoms with van der Waals surface area (Å²) in [5.41, 5.74) is 1.56. The number of carbonyl (C=O) groups is 1. The number of rotatable bonds is 6. The minimum Gasteiger partial charge on any atom is -0.387 e. The maximum absolute atomic E-state index is 13.2. The summed E-state index contributed by atoms with van der Waals surface area (Å²) < 4.78 is 13.2. The molecule has 134 valence electrons. The number of hydrogen-bond acceptors (Lipinski definition) is 3. The normalized spacial score (nSPS) is 20.2. The van der Waals surface area contributed by atoms with Gasteiger partial charge in [-0.1, -0.05) is 19.9 Å². The molecule has 1 aromatic carbocycles. The molecule has 1 saturated heterocycles. The second-order valence-corrected chi connectivity index (χ2v) is 7.18. The molecule has 0 radical (unpaired) electrons. The molecule has 0 bridgehead atoms. The van der Waals surface area contributed by atoms with E-state index in [-0.39, 0.29) is 17.6 Å². The van der Waals surface area contributed by atoms with Gasteiger partial charge in [-0.3, -0.25) is 4.79 Å². The Labute approximate surface area is 144 Å². The van der Waals surface area contributed by atoms with Gasteiger partial charge in [0.25, 0.3) is 0 Å². The van der Waals surface area contributed by atoms with Gasteiger partial charge in [0.2, 0.25) is 5.91 Å². The van der Waals surface area contributed by atoms with Crippen LogP contribution >= 0.6 is 0 Å². The van der Waals surface area contributed by atoms with Gasteiger partial charge in [-0.2, -0.15) is 0 Å². The summed E-state index contributed by atoms with van der Waals surface area (Å²) in [4.78, 5) is 13.9. The Bertz CT molecular complexity index is 562. The average Bonchev–Trinajstić information content (AvgIpc) is 2.52. The Kier molecular flexibility index (Phi) is 6.75. The highest BCUT2D eigenvalue weighted by molar-refractivity contribution is 5.77. The number of hydrogen-bond donors (Lipinski definition) is 2. The molecule has 1 amide bonds. The van der Waals surface area contributed by atoms with E-state index in [1.54, 1.807) is 6.07 Å². The first-order valence-electron chi connectivity index (χ1n) is 8.81. The first kappa shape index (κ1) is 18.9. The van der Waals surface area contributed by atoms with Gasteiger partial charge < -0.3 is 15.3 Å². The standard InChI is InChI=1S/C19H29FN2O2/c1-13(2)19(24)21-10-15-5-4-8-22(11-15)12-18(23)17-7-6-16(20)9-14(17)3/h6-7,9,13,15,18,23H,4-5,8,10-12H2,1-3H3,(H,21,24). The van der Waals surface area contributed by atoms with Crippen molar-refractivity contribution < 1.29 is 14.3 Å². The SMILES string of the molecule is Cc1cc(F)ccc1C(O)CN1CCCC(CNC(=O)C(C)C)C1. The molecule has 1 aliphatic rings. The van der Waals surface area contributed by atoms with Gasteiger partial charge in [-0.15, -0.1) is 0 Å². The van der Waals surface area contributed by atoms with Crippen LogP contribution in [0.3, 0.4) is 0 Å².